The van der Waals surface area contributed by atoms with E-state index in [2.05, 4.69) is 5.32 Å². The number of nitrogens with one attached hydrogen (secondary N) is 1. The highest BCUT2D eigenvalue weighted by atomic mass is 35.5. The second-order valence-electron chi connectivity index (χ2n) is 10.8. The quantitative estimate of drug-likeness (QED) is 0.202. The largest absolute Gasteiger partial charge is 0.352 e. The zero-order valence-electron chi connectivity index (χ0n) is 24.8. The second-order valence-corrected chi connectivity index (χ2v) is 13.1. The van der Waals surface area contributed by atoms with Crippen LogP contribution in [0.25, 0.3) is 0 Å². The van der Waals surface area contributed by atoms with E-state index >= 15 is 0 Å². The minimum atomic E-state index is -4.27. The Morgan fingerprint density at radius 2 is 1.55 bits per heavy atom. The smallest absolute Gasteiger partial charge is 0.264 e. The molecule has 230 valence electrons. The molecule has 44 heavy (non-hydrogen) atoms. The molecule has 2 amide bonds. The van der Waals surface area contributed by atoms with E-state index in [1.54, 1.807) is 38.1 Å². The summed E-state index contributed by atoms with van der Waals surface area (Å²) in [5.74, 6) is -1.65. The topological polar surface area (TPSA) is 86.8 Å². The van der Waals surface area contributed by atoms with Gasteiger partial charge in [0.1, 0.15) is 18.4 Å². The van der Waals surface area contributed by atoms with Crippen LogP contribution < -0.4 is 9.62 Å². The summed E-state index contributed by atoms with van der Waals surface area (Å²) in [5, 5.41) is 3.24. The van der Waals surface area contributed by atoms with Gasteiger partial charge in [0.15, 0.2) is 0 Å². The van der Waals surface area contributed by atoms with Gasteiger partial charge in [-0.1, -0.05) is 72.3 Å². The third kappa shape index (κ3) is 8.24. The molecule has 4 aromatic carbocycles. The predicted octanol–water partition coefficient (Wildman–Crippen LogP) is 6.15. The van der Waals surface area contributed by atoms with Gasteiger partial charge in [0.2, 0.25) is 11.8 Å². The number of amides is 2. The van der Waals surface area contributed by atoms with Crippen LogP contribution in [0.15, 0.2) is 108 Å². The van der Waals surface area contributed by atoms with Gasteiger partial charge in [0.05, 0.1) is 10.6 Å². The number of rotatable bonds is 12. The SMILES string of the molecule is Cc1cccc(N(CC(=O)N(Cc2ccccc2F)[C@H](Cc2ccccc2)C(=O)NC(C)C)S(=O)(=O)c2ccc(Cl)cc2)c1. The first-order valence-corrected chi connectivity index (χ1v) is 16.0. The molecule has 7 nitrogen and oxygen atoms in total. The number of benzene rings is 4. The van der Waals surface area contributed by atoms with Crippen molar-refractivity contribution in [3.8, 4) is 0 Å². The van der Waals surface area contributed by atoms with Gasteiger partial charge in [-0.15, -0.1) is 0 Å². The summed E-state index contributed by atoms with van der Waals surface area (Å²) in [6, 6.07) is 26.3. The van der Waals surface area contributed by atoms with Crippen molar-refractivity contribution in [1.82, 2.24) is 10.2 Å². The number of aryl methyl sites for hydroxylation is 1. The van der Waals surface area contributed by atoms with Gasteiger partial charge >= 0.3 is 0 Å². The third-order valence-electron chi connectivity index (χ3n) is 6.97. The molecule has 0 saturated heterocycles. The molecule has 0 aliphatic rings. The number of halogens is 2. The standard InChI is InChI=1S/C34H35ClFN3O4S/c1-24(2)37-34(41)32(21-26-11-5-4-6-12-26)38(22-27-13-7-8-15-31(27)36)33(40)23-39(29-14-9-10-25(3)20-29)44(42,43)30-18-16-28(35)17-19-30/h4-20,24,32H,21-23H2,1-3H3,(H,37,41)/t32-/m1/s1. The predicted molar refractivity (Wildman–Crippen MR) is 171 cm³/mol. The fourth-order valence-corrected chi connectivity index (χ4v) is 6.32. The van der Waals surface area contributed by atoms with Gasteiger partial charge in [-0.25, -0.2) is 12.8 Å². The van der Waals surface area contributed by atoms with Gasteiger partial charge in [0, 0.05) is 29.6 Å². The van der Waals surface area contributed by atoms with E-state index in [1.165, 1.54) is 47.4 Å². The Bertz CT molecular complexity index is 1700. The van der Waals surface area contributed by atoms with E-state index in [-0.39, 0.29) is 35.2 Å². The van der Waals surface area contributed by atoms with Crippen LogP contribution in [-0.4, -0.2) is 43.8 Å². The average Bonchev–Trinajstić information content (AvgIpc) is 2.98. The number of sulfonamides is 1. The van der Waals surface area contributed by atoms with Crippen molar-refractivity contribution in [2.45, 2.75) is 50.7 Å². The van der Waals surface area contributed by atoms with Crippen LogP contribution in [0.4, 0.5) is 10.1 Å². The molecule has 4 rings (SSSR count). The van der Waals surface area contributed by atoms with Crippen molar-refractivity contribution < 1.29 is 22.4 Å². The molecule has 0 unspecified atom stereocenters. The molecular formula is C34H35ClFN3O4S. The molecule has 0 aromatic heterocycles. The minimum absolute atomic E-state index is 0.0600. The van der Waals surface area contributed by atoms with Gasteiger partial charge in [-0.3, -0.25) is 13.9 Å². The normalized spacial score (nSPS) is 12.0. The lowest BCUT2D eigenvalue weighted by molar-refractivity contribution is -0.140. The molecule has 1 N–H and O–H groups in total. The molecule has 0 bridgehead atoms. The maximum atomic E-state index is 15.0. The fourth-order valence-electron chi connectivity index (χ4n) is 4.79. The van der Waals surface area contributed by atoms with E-state index in [1.807, 2.05) is 43.3 Å². The number of carbonyl (C=O) groups is 2. The molecule has 10 heteroatoms. The lowest BCUT2D eigenvalue weighted by Gasteiger charge is -2.34. The summed E-state index contributed by atoms with van der Waals surface area (Å²) < 4.78 is 44.1. The van der Waals surface area contributed by atoms with E-state index in [9.17, 15) is 22.4 Å². The molecule has 0 saturated carbocycles. The maximum Gasteiger partial charge on any atom is 0.264 e. The Labute approximate surface area is 263 Å². The first-order valence-electron chi connectivity index (χ1n) is 14.2. The Hall–Kier alpha value is -4.21. The zero-order chi connectivity index (χ0) is 31.9. The maximum absolute atomic E-state index is 15.0. The van der Waals surface area contributed by atoms with Crippen molar-refractivity contribution in [2.75, 3.05) is 10.8 Å². The summed E-state index contributed by atoms with van der Waals surface area (Å²) in [5.41, 5.74) is 2.03. The van der Waals surface area contributed by atoms with Crippen molar-refractivity contribution in [3.63, 3.8) is 0 Å². The lowest BCUT2D eigenvalue weighted by atomic mass is 10.0. The van der Waals surface area contributed by atoms with Gasteiger partial charge in [0.25, 0.3) is 10.0 Å². The van der Waals surface area contributed by atoms with E-state index in [0.29, 0.717) is 5.02 Å². The molecular weight excluding hydrogens is 601 g/mol. The van der Waals surface area contributed by atoms with E-state index < -0.39 is 40.2 Å². The molecule has 0 aliphatic carbocycles. The van der Waals surface area contributed by atoms with Gasteiger partial charge < -0.3 is 10.2 Å². The first-order chi connectivity index (χ1) is 21.0. The summed E-state index contributed by atoms with van der Waals surface area (Å²) in [4.78, 5) is 29.3. The highest BCUT2D eigenvalue weighted by Gasteiger charge is 2.35. The van der Waals surface area contributed by atoms with E-state index in [4.69, 9.17) is 11.6 Å². The van der Waals surface area contributed by atoms with Crippen LogP contribution in [0.3, 0.4) is 0 Å². The molecule has 4 aromatic rings. The van der Waals surface area contributed by atoms with Crippen molar-refractivity contribution in [3.05, 3.63) is 131 Å². The summed E-state index contributed by atoms with van der Waals surface area (Å²) >= 11 is 6.02. The first kappa shape index (κ1) is 32.7. The van der Waals surface area contributed by atoms with E-state index in [0.717, 1.165) is 15.4 Å². The molecule has 0 radical (unpaired) electrons. The molecule has 0 spiro atoms. The summed E-state index contributed by atoms with van der Waals surface area (Å²) in [6.45, 7) is 4.53. The summed E-state index contributed by atoms with van der Waals surface area (Å²) in [7, 11) is -4.27. The Morgan fingerprint density at radius 1 is 0.886 bits per heavy atom. The third-order valence-corrected chi connectivity index (χ3v) is 9.01. The molecule has 1 atom stereocenters. The molecule has 0 aliphatic heterocycles. The highest BCUT2D eigenvalue weighted by molar-refractivity contribution is 7.92. The number of hydrogen-bond donors (Lipinski definition) is 1. The van der Waals surface area contributed by atoms with Crippen LogP contribution >= 0.6 is 11.6 Å². The van der Waals surface area contributed by atoms with Crippen LogP contribution in [0.2, 0.25) is 5.02 Å². The number of hydrogen-bond acceptors (Lipinski definition) is 4. The number of carbonyl (C=O) groups excluding carboxylic acids is 2. The van der Waals surface area contributed by atoms with Crippen LogP contribution in [0.1, 0.15) is 30.5 Å². The Balaban J connectivity index is 1.82. The fraction of sp³-hybridized carbons (Fsp3) is 0.235. The van der Waals surface area contributed by atoms with Crippen LogP contribution in [-0.2, 0) is 32.6 Å². The average molecular weight is 636 g/mol. The monoisotopic (exact) mass is 635 g/mol. The van der Waals surface area contributed by atoms with Crippen LogP contribution in [0, 0.1) is 12.7 Å². The lowest BCUT2D eigenvalue weighted by Crippen LogP contribution is -2.54. The van der Waals surface area contributed by atoms with Gasteiger partial charge in [-0.05, 0) is 74.4 Å². The van der Waals surface area contributed by atoms with Gasteiger partial charge in [-0.2, -0.15) is 0 Å². The minimum Gasteiger partial charge on any atom is -0.352 e. The zero-order valence-corrected chi connectivity index (χ0v) is 26.4. The summed E-state index contributed by atoms with van der Waals surface area (Å²) in [6.07, 6.45) is 0.133. The Kier molecular flexibility index (Phi) is 10.8. The number of nitrogens with zero attached hydrogens (tertiary/aromatic N) is 2. The van der Waals surface area contributed by atoms with Crippen molar-refractivity contribution >= 4 is 39.1 Å². The highest BCUT2D eigenvalue weighted by Crippen LogP contribution is 2.27. The molecule has 0 fully saturated rings. The van der Waals surface area contributed by atoms with Crippen molar-refractivity contribution in [2.24, 2.45) is 0 Å². The molecule has 0 heterocycles. The number of anilines is 1. The second kappa shape index (κ2) is 14.5. The Morgan fingerprint density at radius 3 is 2.18 bits per heavy atom. The van der Waals surface area contributed by atoms with Crippen LogP contribution in [0.5, 0.6) is 0 Å². The van der Waals surface area contributed by atoms with Crippen molar-refractivity contribution in [1.29, 1.82) is 0 Å².